The van der Waals surface area contributed by atoms with Crippen LogP contribution in [0.25, 0.3) is 0 Å². The minimum atomic E-state index is -0.227. The molecule has 0 radical (unpaired) electrons. The summed E-state index contributed by atoms with van der Waals surface area (Å²) in [5.41, 5.74) is 2.53. The van der Waals surface area contributed by atoms with Crippen molar-refractivity contribution in [1.82, 2.24) is 9.80 Å². The van der Waals surface area contributed by atoms with Crippen molar-refractivity contribution in [3.63, 3.8) is 0 Å². The van der Waals surface area contributed by atoms with Gasteiger partial charge in [-0.05, 0) is 99.8 Å². The predicted octanol–water partition coefficient (Wildman–Crippen LogP) is 4.69. The molecule has 0 N–H and O–H groups in total. The second-order valence-corrected chi connectivity index (χ2v) is 12.7. The molecule has 6 rings (SSSR count). The standard InChI is InChI=1S/C28H44N2O4/c1-18-23-7-8-25-22-6-5-19-13-20(30(4)26(31)33-15-21-14-32-17-34-21)9-11-27(19,2)24(22)10-12-28(23,25)16-29(18)3/h5,18,20-25H,6-17H2,1-4H3. The number of amides is 1. The summed E-state index contributed by atoms with van der Waals surface area (Å²) < 4.78 is 16.2. The zero-order chi connectivity index (χ0) is 23.7. The second-order valence-electron chi connectivity index (χ2n) is 12.7. The minimum Gasteiger partial charge on any atom is -0.447 e. The molecule has 4 aliphatic carbocycles. The maximum atomic E-state index is 12.7. The maximum absolute atomic E-state index is 12.7. The maximum Gasteiger partial charge on any atom is 0.409 e. The summed E-state index contributed by atoms with van der Waals surface area (Å²) in [6, 6.07) is 0.990. The van der Waals surface area contributed by atoms with Crippen LogP contribution in [0.3, 0.4) is 0 Å². The van der Waals surface area contributed by atoms with Gasteiger partial charge < -0.3 is 24.0 Å². The Kier molecular flexibility index (Phi) is 5.81. The van der Waals surface area contributed by atoms with Crippen LogP contribution in [0.2, 0.25) is 0 Å². The van der Waals surface area contributed by atoms with Gasteiger partial charge in [0.15, 0.2) is 0 Å². The number of ether oxygens (including phenoxy) is 3. The third-order valence-corrected chi connectivity index (χ3v) is 11.6. The molecule has 2 heterocycles. The molecule has 0 aromatic rings. The number of likely N-dealkylation sites (tertiary alicyclic amines) is 1. The fourth-order valence-corrected chi connectivity index (χ4v) is 9.66. The highest BCUT2D eigenvalue weighted by molar-refractivity contribution is 5.67. The molecular formula is C28H44N2O4. The van der Waals surface area contributed by atoms with Crippen LogP contribution in [0, 0.1) is 34.5 Å². The van der Waals surface area contributed by atoms with E-state index in [1.807, 2.05) is 11.9 Å². The van der Waals surface area contributed by atoms with Crippen LogP contribution < -0.4 is 0 Å². The first kappa shape index (κ1) is 23.3. The van der Waals surface area contributed by atoms with Crippen LogP contribution in [0.15, 0.2) is 11.6 Å². The molecule has 6 aliphatic rings. The van der Waals surface area contributed by atoms with E-state index in [2.05, 4.69) is 31.9 Å². The number of fused-ring (bicyclic) bond motifs is 4. The first-order valence-corrected chi connectivity index (χ1v) is 13.8. The van der Waals surface area contributed by atoms with Gasteiger partial charge in [-0.3, -0.25) is 0 Å². The SMILES string of the molecule is CC1C2CCC3C4CC=C5CC(N(C)C(=O)OCC6COCO6)CCC5(C)C4CCC32CN1C. The van der Waals surface area contributed by atoms with E-state index >= 15 is 0 Å². The van der Waals surface area contributed by atoms with Gasteiger partial charge in [-0.15, -0.1) is 0 Å². The molecule has 0 bridgehead atoms. The van der Waals surface area contributed by atoms with Crippen molar-refractivity contribution in [2.75, 3.05) is 40.6 Å². The summed E-state index contributed by atoms with van der Waals surface area (Å²) in [6.45, 7) is 7.45. The van der Waals surface area contributed by atoms with Gasteiger partial charge in [0, 0.05) is 25.7 Å². The van der Waals surface area contributed by atoms with E-state index in [9.17, 15) is 4.79 Å². The lowest BCUT2D eigenvalue weighted by Crippen LogP contribution is -2.53. The molecule has 34 heavy (non-hydrogen) atoms. The van der Waals surface area contributed by atoms with Crippen LogP contribution in [-0.4, -0.2) is 74.7 Å². The fraction of sp³-hybridized carbons (Fsp3) is 0.893. The number of carbonyl (C=O) groups excluding carboxylic acids is 1. The van der Waals surface area contributed by atoms with Crippen molar-refractivity contribution in [3.05, 3.63) is 11.6 Å². The summed E-state index contributed by atoms with van der Waals surface area (Å²) in [6.07, 6.45) is 12.5. The Hall–Kier alpha value is -1.11. The molecule has 9 unspecified atom stereocenters. The average molecular weight is 473 g/mol. The monoisotopic (exact) mass is 472 g/mol. The molecule has 1 amide bonds. The van der Waals surface area contributed by atoms with Gasteiger partial charge in [0.25, 0.3) is 0 Å². The van der Waals surface area contributed by atoms with Crippen molar-refractivity contribution >= 4 is 6.09 Å². The Bertz CT molecular complexity index is 840. The summed E-state index contributed by atoms with van der Waals surface area (Å²) in [5.74, 6) is 3.51. The van der Waals surface area contributed by atoms with Crippen molar-refractivity contribution in [3.8, 4) is 0 Å². The van der Waals surface area contributed by atoms with Crippen molar-refractivity contribution in [1.29, 1.82) is 0 Å². The van der Waals surface area contributed by atoms with Gasteiger partial charge in [-0.1, -0.05) is 18.6 Å². The van der Waals surface area contributed by atoms with E-state index < -0.39 is 0 Å². The molecule has 9 atom stereocenters. The van der Waals surface area contributed by atoms with Gasteiger partial charge in [0.2, 0.25) is 0 Å². The van der Waals surface area contributed by atoms with Gasteiger partial charge in [0.05, 0.1) is 6.61 Å². The first-order chi connectivity index (χ1) is 16.3. The Morgan fingerprint density at radius 1 is 1.21 bits per heavy atom. The van der Waals surface area contributed by atoms with Crippen molar-refractivity contribution in [2.45, 2.75) is 83.4 Å². The summed E-state index contributed by atoms with van der Waals surface area (Å²) in [4.78, 5) is 17.2. The summed E-state index contributed by atoms with van der Waals surface area (Å²) in [7, 11) is 4.27. The molecule has 2 saturated heterocycles. The highest BCUT2D eigenvalue weighted by atomic mass is 16.7. The van der Waals surface area contributed by atoms with Gasteiger partial charge in [0.1, 0.15) is 19.5 Å². The number of nitrogens with zero attached hydrogens (tertiary/aromatic N) is 2. The highest BCUT2D eigenvalue weighted by Crippen LogP contribution is 2.68. The molecule has 190 valence electrons. The molecule has 0 aromatic carbocycles. The van der Waals surface area contributed by atoms with Crippen molar-refractivity contribution < 1.29 is 19.0 Å². The Morgan fingerprint density at radius 2 is 2.03 bits per heavy atom. The topological polar surface area (TPSA) is 51.2 Å². The summed E-state index contributed by atoms with van der Waals surface area (Å²) in [5, 5.41) is 0. The Morgan fingerprint density at radius 3 is 2.82 bits per heavy atom. The zero-order valence-corrected chi connectivity index (χ0v) is 21.6. The quantitative estimate of drug-likeness (QED) is 0.558. The predicted molar refractivity (Wildman–Crippen MR) is 130 cm³/mol. The minimum absolute atomic E-state index is 0.127. The van der Waals surface area contributed by atoms with E-state index in [1.165, 1.54) is 45.1 Å². The zero-order valence-electron chi connectivity index (χ0n) is 21.6. The van der Waals surface area contributed by atoms with Crippen LogP contribution in [0.4, 0.5) is 4.79 Å². The van der Waals surface area contributed by atoms with E-state index in [1.54, 1.807) is 5.57 Å². The van der Waals surface area contributed by atoms with E-state index in [0.717, 1.165) is 42.6 Å². The lowest BCUT2D eigenvalue weighted by molar-refractivity contribution is -0.0439. The van der Waals surface area contributed by atoms with Gasteiger partial charge in [-0.2, -0.15) is 0 Å². The van der Waals surface area contributed by atoms with Crippen LogP contribution >= 0.6 is 0 Å². The largest absolute Gasteiger partial charge is 0.447 e. The number of carbonyl (C=O) groups is 1. The Balaban J connectivity index is 1.14. The number of hydrogen-bond acceptors (Lipinski definition) is 5. The first-order valence-electron chi connectivity index (χ1n) is 13.8. The van der Waals surface area contributed by atoms with Crippen LogP contribution in [-0.2, 0) is 14.2 Å². The second kappa shape index (κ2) is 8.48. The molecule has 2 aliphatic heterocycles. The smallest absolute Gasteiger partial charge is 0.409 e. The van der Waals surface area contributed by atoms with Crippen molar-refractivity contribution in [2.24, 2.45) is 34.5 Å². The third kappa shape index (κ3) is 3.42. The third-order valence-electron chi connectivity index (χ3n) is 11.6. The lowest BCUT2D eigenvalue weighted by atomic mass is 9.47. The lowest BCUT2D eigenvalue weighted by Gasteiger charge is -2.58. The number of allylic oxidation sites excluding steroid dienone is 1. The van der Waals surface area contributed by atoms with E-state index in [-0.39, 0.29) is 24.8 Å². The molecule has 5 fully saturated rings. The van der Waals surface area contributed by atoms with Gasteiger partial charge >= 0.3 is 6.09 Å². The van der Waals surface area contributed by atoms with Crippen LogP contribution in [0.1, 0.15) is 65.2 Å². The molecule has 6 nitrogen and oxygen atoms in total. The molecule has 1 spiro atoms. The molecule has 6 heteroatoms. The number of rotatable bonds is 3. The normalized spacial score (nSPS) is 47.9. The summed E-state index contributed by atoms with van der Waals surface area (Å²) >= 11 is 0. The van der Waals surface area contributed by atoms with E-state index in [0.29, 0.717) is 24.2 Å². The molecule has 3 saturated carbocycles. The average Bonchev–Trinajstić information content (AvgIpc) is 3.53. The number of hydrogen-bond donors (Lipinski definition) is 0. The fourth-order valence-electron chi connectivity index (χ4n) is 9.66. The molecule has 0 aromatic heterocycles. The van der Waals surface area contributed by atoms with Crippen LogP contribution in [0.5, 0.6) is 0 Å². The Labute approximate surface area is 205 Å². The van der Waals surface area contributed by atoms with E-state index in [4.69, 9.17) is 14.2 Å². The molecular weight excluding hydrogens is 428 g/mol. The highest BCUT2D eigenvalue weighted by Gasteiger charge is 2.64. The van der Waals surface area contributed by atoms with Gasteiger partial charge in [-0.25, -0.2) is 4.79 Å².